The van der Waals surface area contributed by atoms with Crippen LogP contribution in [-0.4, -0.2) is 50.3 Å². The minimum absolute atomic E-state index is 0. The molecule has 0 atom stereocenters. The first-order valence-electron chi connectivity index (χ1n) is 6.98. The molecule has 120 valence electrons. The van der Waals surface area contributed by atoms with Crippen molar-refractivity contribution in [1.82, 2.24) is 4.90 Å². The van der Waals surface area contributed by atoms with E-state index in [0.717, 1.165) is 49.6 Å². The molecule has 1 aliphatic rings. The zero-order chi connectivity index (χ0) is 14.4. The Morgan fingerprint density at radius 2 is 2.19 bits per heavy atom. The van der Waals surface area contributed by atoms with Gasteiger partial charge in [0.05, 0.1) is 18.1 Å². The van der Waals surface area contributed by atoms with Crippen LogP contribution in [0.3, 0.4) is 0 Å². The highest BCUT2D eigenvalue weighted by Gasteiger charge is 2.24. The molecule has 0 saturated carbocycles. The standard InChI is InChI=1S/C14H22N2O3S.ClH/c1-18-12-9-13(20-10-12)14(17)16-6-3-11(4-7-16)19-8-2-5-15;/h9-11H,2-8,15H2,1H3;1H. The highest BCUT2D eigenvalue weighted by atomic mass is 35.5. The first-order valence-corrected chi connectivity index (χ1v) is 7.86. The molecule has 2 heterocycles. The van der Waals surface area contributed by atoms with Crippen LogP contribution >= 0.6 is 23.7 Å². The molecule has 2 N–H and O–H groups in total. The number of hydrogen-bond donors (Lipinski definition) is 1. The lowest BCUT2D eigenvalue weighted by Gasteiger charge is -2.31. The normalized spacial score (nSPS) is 15.6. The minimum atomic E-state index is 0. The highest BCUT2D eigenvalue weighted by molar-refractivity contribution is 7.12. The maximum absolute atomic E-state index is 12.3. The van der Waals surface area contributed by atoms with Crippen LogP contribution in [0.4, 0.5) is 0 Å². The fraction of sp³-hybridized carbons (Fsp3) is 0.643. The monoisotopic (exact) mass is 334 g/mol. The van der Waals surface area contributed by atoms with Crippen LogP contribution < -0.4 is 10.5 Å². The molecule has 5 nitrogen and oxygen atoms in total. The number of nitrogens with two attached hydrogens (primary N) is 1. The summed E-state index contributed by atoms with van der Waals surface area (Å²) < 4.78 is 10.9. The van der Waals surface area contributed by atoms with Crippen molar-refractivity contribution in [1.29, 1.82) is 0 Å². The summed E-state index contributed by atoms with van der Waals surface area (Å²) in [5.74, 6) is 0.845. The van der Waals surface area contributed by atoms with Crippen molar-refractivity contribution >= 4 is 29.7 Å². The third-order valence-electron chi connectivity index (χ3n) is 3.45. The quantitative estimate of drug-likeness (QED) is 0.810. The van der Waals surface area contributed by atoms with Gasteiger partial charge in [-0.2, -0.15) is 0 Å². The summed E-state index contributed by atoms with van der Waals surface area (Å²) in [5, 5.41) is 1.86. The first-order chi connectivity index (χ1) is 9.74. The molecule has 1 aliphatic heterocycles. The van der Waals surface area contributed by atoms with E-state index < -0.39 is 0 Å². The second kappa shape index (κ2) is 9.25. The molecule has 0 aromatic carbocycles. The summed E-state index contributed by atoms with van der Waals surface area (Å²) in [6, 6.07) is 1.80. The molecular formula is C14H23ClN2O3S. The van der Waals surface area contributed by atoms with E-state index in [1.807, 2.05) is 10.3 Å². The number of hydrogen-bond acceptors (Lipinski definition) is 5. The maximum atomic E-state index is 12.3. The summed E-state index contributed by atoms with van der Waals surface area (Å²) in [7, 11) is 1.61. The zero-order valence-electron chi connectivity index (χ0n) is 12.2. The number of halogens is 1. The Morgan fingerprint density at radius 3 is 2.76 bits per heavy atom. The largest absolute Gasteiger partial charge is 0.496 e. The number of ether oxygens (including phenoxy) is 2. The lowest BCUT2D eigenvalue weighted by atomic mass is 10.1. The van der Waals surface area contributed by atoms with Gasteiger partial charge in [0.2, 0.25) is 0 Å². The molecular weight excluding hydrogens is 312 g/mol. The molecule has 2 rings (SSSR count). The van der Waals surface area contributed by atoms with Crippen molar-refractivity contribution in [2.24, 2.45) is 5.73 Å². The lowest BCUT2D eigenvalue weighted by Crippen LogP contribution is -2.40. The fourth-order valence-electron chi connectivity index (χ4n) is 2.25. The topological polar surface area (TPSA) is 64.8 Å². The van der Waals surface area contributed by atoms with Gasteiger partial charge in [0.15, 0.2) is 0 Å². The van der Waals surface area contributed by atoms with Crippen molar-refractivity contribution < 1.29 is 14.3 Å². The maximum Gasteiger partial charge on any atom is 0.264 e. The van der Waals surface area contributed by atoms with Crippen LogP contribution in [0.15, 0.2) is 11.4 Å². The molecule has 1 fully saturated rings. The molecule has 0 radical (unpaired) electrons. The van der Waals surface area contributed by atoms with E-state index in [0.29, 0.717) is 6.54 Å². The van der Waals surface area contributed by atoms with Gasteiger partial charge < -0.3 is 20.1 Å². The fourth-order valence-corrected chi connectivity index (χ4v) is 3.07. The number of rotatable bonds is 6. The highest BCUT2D eigenvalue weighted by Crippen LogP contribution is 2.24. The zero-order valence-corrected chi connectivity index (χ0v) is 13.9. The van der Waals surface area contributed by atoms with Gasteiger partial charge in [0.25, 0.3) is 5.91 Å². The van der Waals surface area contributed by atoms with Crippen molar-refractivity contribution in [3.8, 4) is 5.75 Å². The second-order valence-corrected chi connectivity index (χ2v) is 5.77. The van der Waals surface area contributed by atoms with E-state index in [1.54, 1.807) is 13.2 Å². The lowest BCUT2D eigenvalue weighted by molar-refractivity contribution is 0.00857. The van der Waals surface area contributed by atoms with Gasteiger partial charge in [-0.05, 0) is 25.8 Å². The Kier molecular flexibility index (Phi) is 8.03. The summed E-state index contributed by atoms with van der Waals surface area (Å²) in [6.07, 6.45) is 2.97. The van der Waals surface area contributed by atoms with Gasteiger partial charge in [-0.3, -0.25) is 4.79 Å². The van der Waals surface area contributed by atoms with Crippen LogP contribution in [-0.2, 0) is 4.74 Å². The van der Waals surface area contributed by atoms with E-state index in [9.17, 15) is 4.79 Å². The third kappa shape index (κ3) is 5.14. The number of carbonyl (C=O) groups excluding carboxylic acids is 1. The number of likely N-dealkylation sites (tertiary alicyclic amines) is 1. The third-order valence-corrected chi connectivity index (χ3v) is 4.35. The van der Waals surface area contributed by atoms with Gasteiger partial charge in [-0.1, -0.05) is 0 Å². The minimum Gasteiger partial charge on any atom is -0.496 e. The summed E-state index contributed by atoms with van der Waals surface area (Å²) in [5.41, 5.74) is 5.44. The second-order valence-electron chi connectivity index (χ2n) is 4.86. The molecule has 21 heavy (non-hydrogen) atoms. The van der Waals surface area contributed by atoms with E-state index in [-0.39, 0.29) is 24.4 Å². The van der Waals surface area contributed by atoms with Gasteiger partial charge in [0, 0.05) is 31.1 Å². The van der Waals surface area contributed by atoms with Gasteiger partial charge in [0.1, 0.15) is 5.75 Å². The first kappa shape index (κ1) is 18.2. The smallest absolute Gasteiger partial charge is 0.264 e. The molecule has 1 aromatic rings. The van der Waals surface area contributed by atoms with Crippen molar-refractivity contribution in [3.63, 3.8) is 0 Å². The molecule has 1 amide bonds. The van der Waals surface area contributed by atoms with Crippen LogP contribution in [0.5, 0.6) is 5.75 Å². The SMILES string of the molecule is COc1csc(C(=O)N2CCC(OCCCN)CC2)c1.Cl. The molecule has 0 spiro atoms. The van der Waals surface area contributed by atoms with E-state index in [2.05, 4.69) is 0 Å². The predicted octanol–water partition coefficient (Wildman–Crippen LogP) is 2.15. The average Bonchev–Trinajstić information content (AvgIpc) is 2.96. The molecule has 0 aliphatic carbocycles. The predicted molar refractivity (Wildman–Crippen MR) is 86.7 cm³/mol. The number of amides is 1. The van der Waals surface area contributed by atoms with Crippen LogP contribution in [0.25, 0.3) is 0 Å². The Balaban J connectivity index is 0.00000220. The molecule has 7 heteroatoms. The molecule has 0 unspecified atom stereocenters. The molecule has 1 aromatic heterocycles. The Labute approximate surface area is 135 Å². The Morgan fingerprint density at radius 1 is 1.48 bits per heavy atom. The number of nitrogens with zero attached hydrogens (tertiary/aromatic N) is 1. The Bertz CT molecular complexity index is 434. The van der Waals surface area contributed by atoms with Gasteiger partial charge in [-0.25, -0.2) is 0 Å². The van der Waals surface area contributed by atoms with Crippen molar-refractivity contribution in [2.75, 3.05) is 33.4 Å². The summed E-state index contributed by atoms with van der Waals surface area (Å²) in [4.78, 5) is 15.0. The number of methoxy groups -OCH3 is 1. The molecule has 1 saturated heterocycles. The van der Waals surface area contributed by atoms with Crippen molar-refractivity contribution in [3.05, 3.63) is 16.3 Å². The van der Waals surface area contributed by atoms with E-state index in [1.165, 1.54) is 11.3 Å². The Hall–Kier alpha value is -0.820. The molecule has 0 bridgehead atoms. The van der Waals surface area contributed by atoms with Gasteiger partial charge in [-0.15, -0.1) is 23.7 Å². The number of carbonyl (C=O) groups is 1. The number of piperidine rings is 1. The van der Waals surface area contributed by atoms with Crippen LogP contribution in [0.2, 0.25) is 0 Å². The van der Waals surface area contributed by atoms with Crippen LogP contribution in [0, 0.1) is 0 Å². The number of thiophene rings is 1. The van der Waals surface area contributed by atoms with Gasteiger partial charge >= 0.3 is 0 Å². The van der Waals surface area contributed by atoms with Crippen LogP contribution in [0.1, 0.15) is 28.9 Å². The van der Waals surface area contributed by atoms with E-state index >= 15 is 0 Å². The summed E-state index contributed by atoms with van der Waals surface area (Å²) in [6.45, 7) is 2.90. The summed E-state index contributed by atoms with van der Waals surface area (Å²) >= 11 is 1.43. The van der Waals surface area contributed by atoms with E-state index in [4.69, 9.17) is 15.2 Å². The average molecular weight is 335 g/mol. The van der Waals surface area contributed by atoms with Crippen molar-refractivity contribution in [2.45, 2.75) is 25.4 Å².